The molecule has 0 saturated heterocycles. The molecule has 0 radical (unpaired) electrons. The smallest absolute Gasteiger partial charge is 0.322 e. The largest absolute Gasteiger partial charge is 0.467 e. The molecule has 1 heterocycles. The maximum absolute atomic E-state index is 11.4. The molecule has 8 nitrogen and oxygen atoms in total. The van der Waals surface area contributed by atoms with E-state index in [1.165, 1.54) is 28.4 Å². The molecular weight excluding hydrogens is 321 g/mol. The minimum Gasteiger partial charge on any atom is -0.467 e. The van der Waals surface area contributed by atoms with Gasteiger partial charge in [0.05, 0.1) is 14.2 Å². The maximum Gasteiger partial charge on any atom is 0.322 e. The summed E-state index contributed by atoms with van der Waals surface area (Å²) in [6.45, 7) is 0. The van der Waals surface area contributed by atoms with Gasteiger partial charge in [-0.2, -0.15) is 9.97 Å². The lowest BCUT2D eigenvalue weighted by Gasteiger charge is -2.23. The van der Waals surface area contributed by atoms with Crippen LogP contribution in [-0.4, -0.2) is 43.4 Å². The standard InChI is InChI=1S/C14H16N3O5P/c1-19-12-15-11(16-13(17-12)20-2)9-5-7-10(8-6-9)14(21-3,22-4)23-18/h5-8H,1-4H3. The summed E-state index contributed by atoms with van der Waals surface area (Å²) >= 11 is 0. The van der Waals surface area contributed by atoms with Gasteiger partial charge in [0, 0.05) is 25.3 Å². The molecule has 0 atom stereocenters. The van der Waals surface area contributed by atoms with Crippen LogP contribution in [-0.2, 0) is 19.6 Å². The Hall–Kier alpha value is -2.15. The van der Waals surface area contributed by atoms with E-state index >= 15 is 0 Å². The molecule has 1 aromatic heterocycles. The zero-order valence-electron chi connectivity index (χ0n) is 13.1. The van der Waals surface area contributed by atoms with Crippen molar-refractivity contribution in [3.63, 3.8) is 0 Å². The van der Waals surface area contributed by atoms with Crippen molar-refractivity contribution in [2.45, 2.75) is 5.53 Å². The molecule has 0 N–H and O–H groups in total. The lowest BCUT2D eigenvalue weighted by atomic mass is 10.1. The van der Waals surface area contributed by atoms with Gasteiger partial charge in [-0.25, -0.2) is 0 Å². The molecule has 0 unspecified atom stereocenters. The van der Waals surface area contributed by atoms with E-state index in [1.807, 2.05) is 0 Å². The van der Waals surface area contributed by atoms with Gasteiger partial charge >= 0.3 is 12.0 Å². The Morgan fingerprint density at radius 1 is 0.870 bits per heavy atom. The van der Waals surface area contributed by atoms with Crippen LogP contribution in [0.15, 0.2) is 24.3 Å². The van der Waals surface area contributed by atoms with Crippen LogP contribution in [0, 0.1) is 0 Å². The Kier molecular flexibility index (Phi) is 5.54. The van der Waals surface area contributed by atoms with E-state index in [2.05, 4.69) is 15.0 Å². The van der Waals surface area contributed by atoms with Crippen LogP contribution in [0.1, 0.15) is 5.56 Å². The molecule has 2 aromatic rings. The van der Waals surface area contributed by atoms with Gasteiger partial charge in [0.2, 0.25) is 8.46 Å². The van der Waals surface area contributed by atoms with E-state index in [0.29, 0.717) is 17.0 Å². The van der Waals surface area contributed by atoms with Gasteiger partial charge in [0.1, 0.15) is 0 Å². The van der Waals surface area contributed by atoms with E-state index < -0.39 is 5.53 Å². The molecule has 122 valence electrons. The van der Waals surface area contributed by atoms with Gasteiger partial charge < -0.3 is 18.9 Å². The molecule has 0 bridgehead atoms. The van der Waals surface area contributed by atoms with Crippen molar-refractivity contribution >= 4 is 8.46 Å². The number of methoxy groups -OCH3 is 4. The summed E-state index contributed by atoms with van der Waals surface area (Å²) in [5, 5.41) is 0. The third kappa shape index (κ3) is 3.44. The topological polar surface area (TPSA) is 92.7 Å². The second-order valence-electron chi connectivity index (χ2n) is 4.29. The molecule has 0 fully saturated rings. The van der Waals surface area contributed by atoms with Gasteiger partial charge in [0.15, 0.2) is 5.82 Å². The van der Waals surface area contributed by atoms with Crippen LogP contribution in [0.5, 0.6) is 12.0 Å². The summed E-state index contributed by atoms with van der Waals surface area (Å²) in [7, 11) is 5.45. The summed E-state index contributed by atoms with van der Waals surface area (Å²) < 4.78 is 31.9. The quantitative estimate of drug-likeness (QED) is 0.561. The molecule has 9 heteroatoms. The van der Waals surface area contributed by atoms with Crippen LogP contribution in [0.4, 0.5) is 0 Å². The summed E-state index contributed by atoms with van der Waals surface area (Å²) in [4.78, 5) is 12.3. The minimum atomic E-state index is -1.34. The number of aromatic nitrogens is 3. The first-order valence-electron chi connectivity index (χ1n) is 6.52. The highest BCUT2D eigenvalue weighted by molar-refractivity contribution is 7.24. The van der Waals surface area contributed by atoms with Crippen LogP contribution in [0.3, 0.4) is 0 Å². The number of hydrogen-bond donors (Lipinski definition) is 0. The van der Waals surface area contributed by atoms with Crippen LogP contribution in [0.2, 0.25) is 0 Å². The normalized spacial score (nSPS) is 11.5. The third-order valence-electron chi connectivity index (χ3n) is 3.14. The Morgan fingerprint density at radius 3 is 1.78 bits per heavy atom. The van der Waals surface area contributed by atoms with E-state index in [9.17, 15) is 4.57 Å². The SMILES string of the molecule is COc1nc(OC)nc(-c2ccc(C(OC)(OC)P=O)cc2)n1. The van der Waals surface area contributed by atoms with Crippen molar-refractivity contribution in [3.8, 4) is 23.4 Å². The zero-order chi connectivity index (χ0) is 16.9. The fraction of sp³-hybridized carbons (Fsp3) is 0.357. The second kappa shape index (κ2) is 7.41. The van der Waals surface area contributed by atoms with Crippen molar-refractivity contribution in [2.75, 3.05) is 28.4 Å². The molecular formula is C14H16N3O5P. The van der Waals surface area contributed by atoms with E-state index in [-0.39, 0.29) is 20.5 Å². The van der Waals surface area contributed by atoms with Gasteiger partial charge in [-0.3, -0.25) is 4.57 Å². The highest BCUT2D eigenvalue weighted by Gasteiger charge is 2.33. The van der Waals surface area contributed by atoms with E-state index in [1.54, 1.807) is 24.3 Å². The van der Waals surface area contributed by atoms with Crippen LogP contribution in [0.25, 0.3) is 11.4 Å². The van der Waals surface area contributed by atoms with Gasteiger partial charge in [-0.05, 0) is 0 Å². The summed E-state index contributed by atoms with van der Waals surface area (Å²) in [5.41, 5.74) is -0.0418. The molecule has 0 aliphatic carbocycles. The lowest BCUT2D eigenvalue weighted by molar-refractivity contribution is -0.144. The molecule has 0 spiro atoms. The number of hydrogen-bond acceptors (Lipinski definition) is 8. The van der Waals surface area contributed by atoms with Crippen LogP contribution >= 0.6 is 8.46 Å². The summed E-state index contributed by atoms with van der Waals surface area (Å²) in [5.74, 6) is 0.389. The van der Waals surface area contributed by atoms with Crippen molar-refractivity contribution in [2.24, 2.45) is 0 Å². The Balaban J connectivity index is 2.42. The molecule has 1 aromatic carbocycles. The fourth-order valence-corrected chi connectivity index (χ4v) is 2.33. The third-order valence-corrected chi connectivity index (χ3v) is 4.00. The number of nitrogens with zero attached hydrogens (tertiary/aromatic N) is 3. The Bertz CT molecular complexity index is 654. The number of rotatable bonds is 7. The first-order valence-corrected chi connectivity index (χ1v) is 7.33. The van der Waals surface area contributed by atoms with Crippen molar-refractivity contribution in [1.29, 1.82) is 0 Å². The molecule has 23 heavy (non-hydrogen) atoms. The maximum atomic E-state index is 11.4. The van der Waals surface area contributed by atoms with Gasteiger partial charge in [-0.15, -0.1) is 4.98 Å². The van der Waals surface area contributed by atoms with E-state index in [4.69, 9.17) is 18.9 Å². The molecule has 2 rings (SSSR count). The average Bonchev–Trinajstić information content (AvgIpc) is 2.63. The first kappa shape index (κ1) is 17.2. The minimum absolute atomic E-state index is 0.150. The molecule has 0 aliphatic heterocycles. The highest BCUT2D eigenvalue weighted by atomic mass is 31.1. The zero-order valence-corrected chi connectivity index (χ0v) is 14.0. The molecule has 0 saturated carbocycles. The monoisotopic (exact) mass is 337 g/mol. The summed E-state index contributed by atoms with van der Waals surface area (Å²) in [6, 6.07) is 7.24. The summed E-state index contributed by atoms with van der Waals surface area (Å²) in [6.07, 6.45) is 0. The molecule has 0 amide bonds. The van der Waals surface area contributed by atoms with E-state index in [0.717, 1.165) is 0 Å². The van der Waals surface area contributed by atoms with Gasteiger partial charge in [-0.1, -0.05) is 24.3 Å². The van der Waals surface area contributed by atoms with Crippen molar-refractivity contribution < 1.29 is 23.5 Å². The van der Waals surface area contributed by atoms with Crippen molar-refractivity contribution in [1.82, 2.24) is 15.0 Å². The average molecular weight is 337 g/mol. The van der Waals surface area contributed by atoms with Crippen LogP contribution < -0.4 is 9.47 Å². The number of benzene rings is 1. The Morgan fingerprint density at radius 2 is 1.39 bits per heavy atom. The second-order valence-corrected chi connectivity index (χ2v) is 5.06. The number of ether oxygens (including phenoxy) is 4. The predicted molar refractivity (Wildman–Crippen MR) is 81.7 cm³/mol. The van der Waals surface area contributed by atoms with Crippen molar-refractivity contribution in [3.05, 3.63) is 29.8 Å². The first-order chi connectivity index (χ1) is 11.1. The van der Waals surface area contributed by atoms with Gasteiger partial charge in [0.25, 0.3) is 5.53 Å². The molecule has 0 aliphatic rings. The fourth-order valence-electron chi connectivity index (χ4n) is 1.93. The Labute approximate surface area is 135 Å². The highest BCUT2D eigenvalue weighted by Crippen LogP contribution is 2.37. The lowest BCUT2D eigenvalue weighted by Crippen LogP contribution is -2.23. The predicted octanol–water partition coefficient (Wildman–Crippen LogP) is 2.25.